The Morgan fingerprint density at radius 2 is 2.19 bits per heavy atom. The lowest BCUT2D eigenvalue weighted by Gasteiger charge is -2.12. The van der Waals surface area contributed by atoms with Gasteiger partial charge in [0.1, 0.15) is 6.33 Å². The SMILES string of the molecule is CCOc1c(I)cc(/C=C/c2nc3nc[nH]n3c(=O)c2[N+](=O)[O-])cc1OC. The first-order valence-corrected chi connectivity index (χ1v) is 8.83. The molecule has 0 radical (unpaired) electrons. The molecule has 140 valence electrons. The average Bonchev–Trinajstić information content (AvgIpc) is 3.10. The van der Waals surface area contributed by atoms with E-state index < -0.39 is 16.2 Å². The van der Waals surface area contributed by atoms with Crippen molar-refractivity contribution in [2.24, 2.45) is 0 Å². The fraction of sp³-hybridized carbons (Fsp3) is 0.188. The number of aromatic nitrogens is 4. The first-order chi connectivity index (χ1) is 13.0. The van der Waals surface area contributed by atoms with E-state index in [0.717, 1.165) is 8.09 Å². The molecule has 0 aliphatic rings. The minimum absolute atomic E-state index is 0.0455. The third-order valence-corrected chi connectivity index (χ3v) is 4.39. The number of fused-ring (bicyclic) bond motifs is 1. The van der Waals surface area contributed by atoms with Crippen molar-refractivity contribution in [1.82, 2.24) is 19.6 Å². The number of nitro groups is 1. The van der Waals surface area contributed by atoms with Gasteiger partial charge in [-0.15, -0.1) is 0 Å². The summed E-state index contributed by atoms with van der Waals surface area (Å²) in [6.45, 7) is 2.36. The molecule has 27 heavy (non-hydrogen) atoms. The van der Waals surface area contributed by atoms with Crippen LogP contribution in [-0.2, 0) is 0 Å². The Morgan fingerprint density at radius 3 is 2.85 bits per heavy atom. The number of aromatic amines is 1. The molecule has 0 unspecified atom stereocenters. The van der Waals surface area contributed by atoms with E-state index in [9.17, 15) is 14.9 Å². The molecule has 0 bridgehead atoms. The van der Waals surface area contributed by atoms with Crippen molar-refractivity contribution in [2.75, 3.05) is 13.7 Å². The maximum absolute atomic E-state index is 12.3. The molecule has 0 fully saturated rings. The van der Waals surface area contributed by atoms with Crippen LogP contribution < -0.4 is 15.0 Å². The fourth-order valence-electron chi connectivity index (χ4n) is 2.45. The zero-order chi connectivity index (χ0) is 19.6. The summed E-state index contributed by atoms with van der Waals surface area (Å²) in [6, 6.07) is 3.56. The first-order valence-electron chi connectivity index (χ1n) is 7.75. The molecule has 11 heteroatoms. The van der Waals surface area contributed by atoms with Gasteiger partial charge in [0.15, 0.2) is 17.2 Å². The molecule has 1 aromatic carbocycles. The molecule has 2 aromatic heterocycles. The van der Waals surface area contributed by atoms with Crippen LogP contribution in [0.5, 0.6) is 11.5 Å². The molecule has 10 nitrogen and oxygen atoms in total. The molecule has 3 rings (SSSR count). The zero-order valence-corrected chi connectivity index (χ0v) is 16.5. The van der Waals surface area contributed by atoms with Crippen LogP contribution in [0.4, 0.5) is 5.69 Å². The van der Waals surface area contributed by atoms with Crippen molar-refractivity contribution in [1.29, 1.82) is 0 Å². The highest BCUT2D eigenvalue weighted by Gasteiger charge is 2.22. The van der Waals surface area contributed by atoms with E-state index in [-0.39, 0.29) is 11.5 Å². The highest BCUT2D eigenvalue weighted by Crippen LogP contribution is 2.34. The Hall–Kier alpha value is -2.96. The Kier molecular flexibility index (Phi) is 5.39. The van der Waals surface area contributed by atoms with E-state index in [1.165, 1.54) is 19.5 Å². The number of methoxy groups -OCH3 is 1. The second kappa shape index (κ2) is 7.73. The van der Waals surface area contributed by atoms with Crippen molar-refractivity contribution in [3.05, 3.63) is 53.8 Å². The lowest BCUT2D eigenvalue weighted by molar-refractivity contribution is -0.386. The summed E-state index contributed by atoms with van der Waals surface area (Å²) in [6.07, 6.45) is 4.25. The molecule has 0 saturated heterocycles. The van der Waals surface area contributed by atoms with Gasteiger partial charge in [0.25, 0.3) is 5.78 Å². The van der Waals surface area contributed by atoms with Gasteiger partial charge in [-0.3, -0.25) is 20.0 Å². The van der Waals surface area contributed by atoms with E-state index in [2.05, 4.69) is 37.7 Å². The minimum atomic E-state index is -0.832. The number of rotatable bonds is 6. The highest BCUT2D eigenvalue weighted by atomic mass is 127. The summed E-state index contributed by atoms with van der Waals surface area (Å²) >= 11 is 2.12. The van der Waals surface area contributed by atoms with Crippen LogP contribution in [0.15, 0.2) is 23.3 Å². The Bertz CT molecular complexity index is 1100. The smallest absolute Gasteiger partial charge is 0.361 e. The number of H-pyrrole nitrogens is 1. The third kappa shape index (κ3) is 3.63. The number of nitrogens with one attached hydrogen (secondary N) is 1. The summed E-state index contributed by atoms with van der Waals surface area (Å²) < 4.78 is 12.6. The number of hydrogen-bond acceptors (Lipinski definition) is 7. The highest BCUT2D eigenvalue weighted by molar-refractivity contribution is 14.1. The molecule has 0 saturated carbocycles. The first kappa shape index (κ1) is 18.8. The Labute approximate surface area is 166 Å². The predicted molar refractivity (Wildman–Crippen MR) is 106 cm³/mol. The Balaban J connectivity index is 2.08. The molecule has 0 spiro atoms. The van der Waals surface area contributed by atoms with Gasteiger partial charge in [0.2, 0.25) is 0 Å². The molecule has 0 aliphatic heterocycles. The lowest BCUT2D eigenvalue weighted by Crippen LogP contribution is -2.20. The van der Waals surface area contributed by atoms with Gasteiger partial charge < -0.3 is 9.47 Å². The van der Waals surface area contributed by atoms with Crippen molar-refractivity contribution in [3.8, 4) is 11.5 Å². The Morgan fingerprint density at radius 1 is 1.41 bits per heavy atom. The molecule has 0 aliphatic carbocycles. The fourth-order valence-corrected chi connectivity index (χ4v) is 3.23. The van der Waals surface area contributed by atoms with Crippen LogP contribution in [0, 0.1) is 13.7 Å². The topological polar surface area (TPSA) is 125 Å². The number of halogens is 1. The van der Waals surface area contributed by atoms with Gasteiger partial charge in [-0.1, -0.05) is 6.08 Å². The maximum Gasteiger partial charge on any atom is 0.361 e. The molecule has 0 atom stereocenters. The van der Waals surface area contributed by atoms with Gasteiger partial charge in [0.05, 0.1) is 22.2 Å². The molecule has 3 aromatic rings. The third-order valence-electron chi connectivity index (χ3n) is 3.59. The summed E-state index contributed by atoms with van der Waals surface area (Å²) in [5.41, 5.74) is -0.848. The minimum Gasteiger partial charge on any atom is -0.493 e. The number of hydrogen-bond donors (Lipinski definition) is 1. The van der Waals surface area contributed by atoms with E-state index in [0.29, 0.717) is 23.7 Å². The number of ether oxygens (including phenoxy) is 2. The quantitative estimate of drug-likeness (QED) is 0.325. The van der Waals surface area contributed by atoms with Gasteiger partial charge in [-0.25, -0.2) is 9.97 Å². The molecule has 0 amide bonds. The second-order valence-electron chi connectivity index (χ2n) is 5.23. The van der Waals surface area contributed by atoms with Crippen LogP contribution in [0.2, 0.25) is 0 Å². The van der Waals surface area contributed by atoms with Crippen LogP contribution in [0.25, 0.3) is 17.9 Å². The van der Waals surface area contributed by atoms with Crippen molar-refractivity contribution in [3.63, 3.8) is 0 Å². The van der Waals surface area contributed by atoms with Gasteiger partial charge >= 0.3 is 11.2 Å². The maximum atomic E-state index is 12.3. The largest absolute Gasteiger partial charge is 0.493 e. The molecule has 1 N–H and O–H groups in total. The molecular formula is C16H14IN5O5. The van der Waals surface area contributed by atoms with E-state index in [1.54, 1.807) is 12.1 Å². The van der Waals surface area contributed by atoms with Gasteiger partial charge in [0, 0.05) is 0 Å². The molecular weight excluding hydrogens is 469 g/mol. The normalized spacial score (nSPS) is 11.2. The summed E-state index contributed by atoms with van der Waals surface area (Å²) in [5, 5.41) is 13.8. The average molecular weight is 483 g/mol. The second-order valence-corrected chi connectivity index (χ2v) is 6.39. The van der Waals surface area contributed by atoms with Crippen LogP contribution in [0.1, 0.15) is 18.2 Å². The summed E-state index contributed by atoms with van der Waals surface area (Å²) in [4.78, 5) is 30.8. The zero-order valence-electron chi connectivity index (χ0n) is 14.3. The van der Waals surface area contributed by atoms with Crippen LogP contribution in [0.3, 0.4) is 0 Å². The number of benzene rings is 1. The van der Waals surface area contributed by atoms with Crippen LogP contribution in [-0.4, -0.2) is 38.2 Å². The summed E-state index contributed by atoms with van der Waals surface area (Å²) in [7, 11) is 1.53. The number of nitrogens with zero attached hydrogens (tertiary/aromatic N) is 4. The van der Waals surface area contributed by atoms with Gasteiger partial charge in [-0.2, -0.15) is 4.52 Å². The standard InChI is InChI=1S/C16H14IN5O5/c1-3-27-14-10(17)6-9(7-12(14)26-2)4-5-11-13(22(24)25)15(23)21-16(20-11)18-8-19-21/h4-8H,3H2,1-2H3,(H,18,19,20)/b5-4+. The molecule has 2 heterocycles. The predicted octanol–water partition coefficient (Wildman–Crippen LogP) is 2.51. The monoisotopic (exact) mass is 483 g/mol. The van der Waals surface area contributed by atoms with Crippen molar-refractivity contribution in [2.45, 2.75) is 6.92 Å². The van der Waals surface area contributed by atoms with Crippen LogP contribution >= 0.6 is 22.6 Å². The van der Waals surface area contributed by atoms with E-state index in [4.69, 9.17) is 9.47 Å². The van der Waals surface area contributed by atoms with Crippen molar-refractivity contribution < 1.29 is 14.4 Å². The lowest BCUT2D eigenvalue weighted by atomic mass is 10.1. The van der Waals surface area contributed by atoms with E-state index in [1.807, 2.05) is 13.0 Å². The van der Waals surface area contributed by atoms with Crippen molar-refractivity contribution >= 4 is 46.2 Å². The van der Waals surface area contributed by atoms with E-state index >= 15 is 0 Å². The summed E-state index contributed by atoms with van der Waals surface area (Å²) in [5.74, 6) is 1.20. The van der Waals surface area contributed by atoms with Gasteiger partial charge in [-0.05, 0) is 53.3 Å².